The van der Waals surface area contributed by atoms with Crippen LogP contribution in [0.2, 0.25) is 10.0 Å². The Bertz CT molecular complexity index is 405. The lowest BCUT2D eigenvalue weighted by molar-refractivity contribution is 0.0982. The predicted molar refractivity (Wildman–Crippen MR) is 86.6 cm³/mol. The molecule has 0 heterocycles. The number of hydrogen-bond donors (Lipinski definition) is 2. The highest BCUT2D eigenvalue weighted by atomic mass is 35.5. The number of hydrogen-bond acceptors (Lipinski definition) is 4. The van der Waals surface area contributed by atoms with Crippen molar-refractivity contribution in [2.75, 3.05) is 32.9 Å². The Balaban J connectivity index is 2.08. The van der Waals surface area contributed by atoms with Gasteiger partial charge in [0.15, 0.2) is 0 Å². The Morgan fingerprint density at radius 2 is 2.05 bits per heavy atom. The van der Waals surface area contributed by atoms with Crippen molar-refractivity contribution in [2.24, 2.45) is 0 Å². The van der Waals surface area contributed by atoms with Gasteiger partial charge in [0.05, 0.1) is 16.7 Å². The summed E-state index contributed by atoms with van der Waals surface area (Å²) in [5, 5.41) is 13.8. The normalized spacial score (nSPS) is 12.4. The molecule has 120 valence electrons. The maximum atomic E-state index is 9.79. The number of nitrogens with one attached hydrogen (secondary N) is 1. The van der Waals surface area contributed by atoms with E-state index in [1.54, 1.807) is 18.2 Å². The second kappa shape index (κ2) is 11.1. The van der Waals surface area contributed by atoms with Crippen molar-refractivity contribution >= 4 is 23.2 Å². The number of unbranched alkanes of at least 4 members (excludes halogenated alkanes) is 1. The number of benzene rings is 1. The Morgan fingerprint density at radius 3 is 2.76 bits per heavy atom. The van der Waals surface area contributed by atoms with Gasteiger partial charge in [0.1, 0.15) is 18.5 Å². The van der Waals surface area contributed by atoms with Crippen molar-refractivity contribution in [3.05, 3.63) is 28.2 Å². The molecule has 0 radical (unpaired) electrons. The smallest absolute Gasteiger partial charge is 0.121 e. The number of aliphatic hydroxyl groups excluding tert-OH is 1. The van der Waals surface area contributed by atoms with Gasteiger partial charge in [-0.15, -0.1) is 0 Å². The van der Waals surface area contributed by atoms with Crippen LogP contribution in [-0.2, 0) is 4.74 Å². The van der Waals surface area contributed by atoms with Crippen LogP contribution in [0, 0.1) is 0 Å². The number of ether oxygens (including phenoxy) is 2. The van der Waals surface area contributed by atoms with E-state index in [4.69, 9.17) is 32.7 Å². The molecule has 1 aromatic carbocycles. The van der Waals surface area contributed by atoms with Crippen molar-refractivity contribution in [1.29, 1.82) is 0 Å². The Kier molecular flexibility index (Phi) is 9.79. The van der Waals surface area contributed by atoms with E-state index in [1.165, 1.54) is 0 Å². The molecule has 1 unspecified atom stereocenters. The molecular weight excluding hydrogens is 313 g/mol. The van der Waals surface area contributed by atoms with Crippen LogP contribution in [0.5, 0.6) is 5.75 Å². The van der Waals surface area contributed by atoms with Crippen LogP contribution in [-0.4, -0.2) is 44.1 Å². The zero-order valence-corrected chi connectivity index (χ0v) is 13.8. The van der Waals surface area contributed by atoms with Gasteiger partial charge < -0.3 is 19.9 Å². The van der Waals surface area contributed by atoms with Gasteiger partial charge in [-0.3, -0.25) is 0 Å². The molecule has 21 heavy (non-hydrogen) atoms. The number of halogens is 2. The molecule has 6 heteroatoms. The molecule has 0 aliphatic heterocycles. The monoisotopic (exact) mass is 335 g/mol. The topological polar surface area (TPSA) is 50.7 Å². The first kappa shape index (κ1) is 18.5. The van der Waals surface area contributed by atoms with E-state index in [1.807, 2.05) is 0 Å². The third kappa shape index (κ3) is 8.49. The summed E-state index contributed by atoms with van der Waals surface area (Å²) in [7, 11) is 0. The lowest BCUT2D eigenvalue weighted by Gasteiger charge is -2.13. The van der Waals surface area contributed by atoms with Crippen LogP contribution < -0.4 is 10.1 Å². The van der Waals surface area contributed by atoms with E-state index in [2.05, 4.69) is 12.2 Å². The van der Waals surface area contributed by atoms with Crippen molar-refractivity contribution in [1.82, 2.24) is 5.32 Å². The fourth-order valence-corrected chi connectivity index (χ4v) is 1.87. The molecule has 2 N–H and O–H groups in total. The van der Waals surface area contributed by atoms with Crippen molar-refractivity contribution < 1.29 is 14.6 Å². The SMILES string of the molecule is CCCCOCCNCC(O)COc1ccc(Cl)c(Cl)c1. The molecule has 0 aliphatic rings. The molecule has 1 atom stereocenters. The summed E-state index contributed by atoms with van der Waals surface area (Å²) in [6.45, 7) is 4.95. The first-order chi connectivity index (χ1) is 10.1. The molecule has 0 fully saturated rings. The van der Waals surface area contributed by atoms with Gasteiger partial charge in [0.2, 0.25) is 0 Å². The quantitative estimate of drug-likeness (QED) is 0.610. The Hall–Kier alpha value is -0.520. The summed E-state index contributed by atoms with van der Waals surface area (Å²) in [5.74, 6) is 0.589. The highest BCUT2D eigenvalue weighted by molar-refractivity contribution is 6.42. The van der Waals surface area contributed by atoms with Gasteiger partial charge in [-0.25, -0.2) is 0 Å². The number of rotatable bonds is 11. The molecule has 1 aromatic rings. The zero-order valence-electron chi connectivity index (χ0n) is 12.3. The van der Waals surface area contributed by atoms with Crippen LogP contribution in [0.15, 0.2) is 18.2 Å². The summed E-state index contributed by atoms with van der Waals surface area (Å²) < 4.78 is 10.9. The first-order valence-corrected chi connectivity index (χ1v) is 7.93. The molecule has 1 rings (SSSR count). The predicted octanol–water partition coefficient (Wildman–Crippen LogP) is 3.14. The van der Waals surface area contributed by atoms with Gasteiger partial charge in [0, 0.05) is 25.8 Å². The minimum Gasteiger partial charge on any atom is -0.491 e. The third-order valence-electron chi connectivity index (χ3n) is 2.78. The van der Waals surface area contributed by atoms with Crippen molar-refractivity contribution in [3.63, 3.8) is 0 Å². The van der Waals surface area contributed by atoms with Crippen LogP contribution in [0.3, 0.4) is 0 Å². The van der Waals surface area contributed by atoms with E-state index < -0.39 is 6.10 Å². The fraction of sp³-hybridized carbons (Fsp3) is 0.600. The van der Waals surface area contributed by atoms with Crippen LogP contribution >= 0.6 is 23.2 Å². The second-order valence-corrected chi connectivity index (χ2v) is 5.53. The van der Waals surface area contributed by atoms with Crippen LogP contribution in [0.25, 0.3) is 0 Å². The molecule has 0 aromatic heterocycles. The largest absolute Gasteiger partial charge is 0.491 e. The fourth-order valence-electron chi connectivity index (χ4n) is 1.58. The van der Waals surface area contributed by atoms with E-state index in [0.29, 0.717) is 35.5 Å². The molecule has 0 amide bonds. The molecule has 0 saturated carbocycles. The highest BCUT2D eigenvalue weighted by Crippen LogP contribution is 2.26. The van der Waals surface area contributed by atoms with E-state index >= 15 is 0 Å². The molecule has 0 aliphatic carbocycles. The minimum atomic E-state index is -0.588. The molecule has 0 spiro atoms. The van der Waals surface area contributed by atoms with Crippen molar-refractivity contribution in [3.8, 4) is 5.75 Å². The summed E-state index contributed by atoms with van der Waals surface area (Å²) >= 11 is 11.7. The standard InChI is InChI=1S/C15H23Cl2NO3/c1-2-3-7-20-8-6-18-10-12(19)11-21-13-4-5-14(16)15(17)9-13/h4-5,9,12,18-19H,2-3,6-8,10-11H2,1H3. The van der Waals surface area contributed by atoms with E-state index in [0.717, 1.165) is 19.4 Å². The maximum Gasteiger partial charge on any atom is 0.121 e. The summed E-state index contributed by atoms with van der Waals surface area (Å²) in [4.78, 5) is 0. The average Bonchev–Trinajstić information content (AvgIpc) is 2.47. The first-order valence-electron chi connectivity index (χ1n) is 7.18. The molecule has 0 saturated heterocycles. The third-order valence-corrected chi connectivity index (χ3v) is 3.52. The lowest BCUT2D eigenvalue weighted by Crippen LogP contribution is -2.33. The van der Waals surface area contributed by atoms with Crippen molar-refractivity contribution in [2.45, 2.75) is 25.9 Å². The Labute approximate surface area is 136 Å². The van der Waals surface area contributed by atoms with Gasteiger partial charge in [-0.2, -0.15) is 0 Å². The molecular formula is C15H23Cl2NO3. The second-order valence-electron chi connectivity index (χ2n) is 4.71. The maximum absolute atomic E-state index is 9.79. The minimum absolute atomic E-state index is 0.196. The van der Waals surface area contributed by atoms with E-state index in [-0.39, 0.29) is 6.61 Å². The zero-order chi connectivity index (χ0) is 15.5. The van der Waals surface area contributed by atoms with Gasteiger partial charge in [-0.1, -0.05) is 36.5 Å². The van der Waals surface area contributed by atoms with Crippen LogP contribution in [0.1, 0.15) is 19.8 Å². The van der Waals surface area contributed by atoms with Gasteiger partial charge in [-0.05, 0) is 18.6 Å². The summed E-state index contributed by atoms with van der Waals surface area (Å²) in [5.41, 5.74) is 0. The average molecular weight is 336 g/mol. The van der Waals surface area contributed by atoms with Crippen LogP contribution in [0.4, 0.5) is 0 Å². The molecule has 0 bridgehead atoms. The highest BCUT2D eigenvalue weighted by Gasteiger charge is 2.06. The van der Waals surface area contributed by atoms with Gasteiger partial charge >= 0.3 is 0 Å². The lowest BCUT2D eigenvalue weighted by atomic mass is 10.3. The summed E-state index contributed by atoms with van der Waals surface area (Å²) in [6, 6.07) is 5.01. The molecule has 4 nitrogen and oxygen atoms in total. The van der Waals surface area contributed by atoms with E-state index in [9.17, 15) is 5.11 Å². The Morgan fingerprint density at radius 1 is 1.24 bits per heavy atom. The number of aliphatic hydroxyl groups is 1. The summed E-state index contributed by atoms with van der Waals surface area (Å²) in [6.07, 6.45) is 1.63. The van der Waals surface area contributed by atoms with Gasteiger partial charge in [0.25, 0.3) is 0 Å².